The number of aryl methyl sites for hydroxylation is 1. The molecular weight excluding hydrogens is 444 g/mol. The highest BCUT2D eigenvalue weighted by Gasteiger charge is 2.23. The zero-order valence-electron chi connectivity index (χ0n) is 19.9. The van der Waals surface area contributed by atoms with Crippen LogP contribution in [-0.4, -0.2) is 26.0 Å². The average Bonchev–Trinajstić information content (AvgIpc) is 3.50. The van der Waals surface area contributed by atoms with Crippen LogP contribution in [0.2, 0.25) is 0 Å². The Morgan fingerprint density at radius 2 is 1.62 bits per heavy atom. The fourth-order valence-corrected chi connectivity index (χ4v) is 5.37. The van der Waals surface area contributed by atoms with Crippen LogP contribution in [0, 0.1) is 20.8 Å². The Kier molecular flexibility index (Phi) is 5.49. The van der Waals surface area contributed by atoms with Crippen LogP contribution < -0.4 is 10.3 Å². The minimum atomic E-state index is -0.0486. The van der Waals surface area contributed by atoms with Gasteiger partial charge in [0.2, 0.25) is 0 Å². The molecule has 3 aromatic heterocycles. The van der Waals surface area contributed by atoms with Crippen LogP contribution in [0.1, 0.15) is 17.1 Å². The van der Waals surface area contributed by atoms with Gasteiger partial charge in [-0.25, -0.2) is 9.67 Å². The van der Waals surface area contributed by atoms with Gasteiger partial charge in [-0.05, 0) is 51.1 Å². The van der Waals surface area contributed by atoms with E-state index in [4.69, 9.17) is 9.72 Å². The van der Waals surface area contributed by atoms with Crippen molar-refractivity contribution >= 4 is 11.3 Å². The van der Waals surface area contributed by atoms with Gasteiger partial charge in [-0.1, -0.05) is 30.3 Å². The largest absolute Gasteiger partial charge is 0.496 e. The number of ether oxygens (including phenoxy) is 1. The zero-order valence-corrected chi connectivity index (χ0v) is 20.7. The van der Waals surface area contributed by atoms with Crippen molar-refractivity contribution in [1.82, 2.24) is 18.9 Å². The molecule has 0 aliphatic heterocycles. The van der Waals surface area contributed by atoms with Crippen molar-refractivity contribution in [2.24, 2.45) is 7.05 Å². The van der Waals surface area contributed by atoms with Crippen molar-refractivity contribution in [3.63, 3.8) is 0 Å². The molecular formula is C27H26N4O2S. The van der Waals surface area contributed by atoms with Crippen molar-refractivity contribution in [2.75, 3.05) is 7.11 Å². The number of thiazole rings is 1. The van der Waals surface area contributed by atoms with Crippen LogP contribution in [0.5, 0.6) is 5.75 Å². The molecule has 3 heterocycles. The average molecular weight is 471 g/mol. The van der Waals surface area contributed by atoms with Crippen LogP contribution in [0.25, 0.3) is 33.2 Å². The summed E-state index contributed by atoms with van der Waals surface area (Å²) in [6, 6.07) is 19.7. The first kappa shape index (κ1) is 22.0. The molecule has 0 atom stereocenters. The summed E-state index contributed by atoms with van der Waals surface area (Å²) in [4.78, 5) is 18.5. The predicted molar refractivity (Wildman–Crippen MR) is 138 cm³/mol. The second-order valence-corrected chi connectivity index (χ2v) is 9.13. The number of rotatable bonds is 5. The molecule has 0 N–H and O–H groups in total. The topological polar surface area (TPSA) is 54.0 Å². The van der Waals surface area contributed by atoms with E-state index in [2.05, 4.69) is 16.0 Å². The SMILES string of the molecule is COc1ccccc1-c1nc(-c2cc(C)n(-c3c(C)n(C)n(-c4ccccc4)c3=O)c2C)cs1. The molecule has 34 heavy (non-hydrogen) atoms. The molecule has 0 fully saturated rings. The smallest absolute Gasteiger partial charge is 0.295 e. The predicted octanol–water partition coefficient (Wildman–Crippen LogP) is 5.69. The molecule has 5 rings (SSSR count). The molecule has 0 spiro atoms. The van der Waals surface area contributed by atoms with E-state index in [1.165, 1.54) is 0 Å². The van der Waals surface area contributed by atoms with Gasteiger partial charge in [-0.2, -0.15) is 0 Å². The molecule has 7 heteroatoms. The van der Waals surface area contributed by atoms with Gasteiger partial charge in [-0.15, -0.1) is 11.3 Å². The lowest BCUT2D eigenvalue weighted by Gasteiger charge is -2.08. The Labute approximate surface area is 202 Å². The first-order valence-corrected chi connectivity index (χ1v) is 11.9. The summed E-state index contributed by atoms with van der Waals surface area (Å²) in [6.07, 6.45) is 0. The zero-order chi connectivity index (χ0) is 24.0. The van der Waals surface area contributed by atoms with E-state index in [0.717, 1.165) is 50.3 Å². The number of aromatic nitrogens is 4. The maximum Gasteiger partial charge on any atom is 0.295 e. The Balaban J connectivity index is 1.63. The van der Waals surface area contributed by atoms with Gasteiger partial charge in [0.25, 0.3) is 5.56 Å². The molecule has 0 saturated carbocycles. The van der Waals surface area contributed by atoms with Gasteiger partial charge in [0.05, 0.1) is 29.7 Å². The summed E-state index contributed by atoms with van der Waals surface area (Å²) >= 11 is 1.59. The minimum absolute atomic E-state index is 0.0486. The van der Waals surface area contributed by atoms with E-state index in [1.807, 2.05) is 87.1 Å². The van der Waals surface area contributed by atoms with Crippen LogP contribution in [0.3, 0.4) is 0 Å². The van der Waals surface area contributed by atoms with Crippen LogP contribution >= 0.6 is 11.3 Å². The molecule has 0 aliphatic rings. The third-order valence-electron chi connectivity index (χ3n) is 6.30. The van der Waals surface area contributed by atoms with Crippen molar-refractivity contribution in [2.45, 2.75) is 20.8 Å². The summed E-state index contributed by atoms with van der Waals surface area (Å²) in [5.74, 6) is 0.801. The van der Waals surface area contributed by atoms with Gasteiger partial charge >= 0.3 is 0 Å². The number of benzene rings is 2. The van der Waals surface area contributed by atoms with Gasteiger partial charge < -0.3 is 9.30 Å². The lowest BCUT2D eigenvalue weighted by atomic mass is 10.2. The molecule has 0 radical (unpaired) electrons. The molecule has 0 unspecified atom stereocenters. The quantitative estimate of drug-likeness (QED) is 0.332. The van der Waals surface area contributed by atoms with Crippen molar-refractivity contribution in [1.29, 1.82) is 0 Å². The monoisotopic (exact) mass is 470 g/mol. The van der Waals surface area contributed by atoms with Gasteiger partial charge in [0, 0.05) is 29.4 Å². The summed E-state index contributed by atoms with van der Waals surface area (Å²) in [5.41, 5.74) is 7.21. The number of methoxy groups -OCH3 is 1. The first-order valence-electron chi connectivity index (χ1n) is 11.0. The van der Waals surface area contributed by atoms with Crippen LogP contribution in [0.4, 0.5) is 0 Å². The third-order valence-corrected chi connectivity index (χ3v) is 7.17. The highest BCUT2D eigenvalue weighted by atomic mass is 32.1. The summed E-state index contributed by atoms with van der Waals surface area (Å²) in [7, 11) is 3.59. The first-order chi connectivity index (χ1) is 16.4. The molecule has 6 nitrogen and oxygen atoms in total. The van der Waals surface area contributed by atoms with Crippen LogP contribution in [-0.2, 0) is 7.05 Å². The number of hydrogen-bond acceptors (Lipinski definition) is 4. The lowest BCUT2D eigenvalue weighted by Crippen LogP contribution is -2.21. The van der Waals surface area contributed by atoms with E-state index < -0.39 is 0 Å². The number of hydrogen-bond donors (Lipinski definition) is 0. The van der Waals surface area contributed by atoms with E-state index in [9.17, 15) is 4.79 Å². The Morgan fingerprint density at radius 3 is 2.35 bits per heavy atom. The molecule has 172 valence electrons. The highest BCUT2D eigenvalue weighted by molar-refractivity contribution is 7.13. The molecule has 2 aromatic carbocycles. The van der Waals surface area contributed by atoms with Crippen molar-refractivity contribution in [3.05, 3.63) is 93.5 Å². The highest BCUT2D eigenvalue weighted by Crippen LogP contribution is 2.36. The maximum absolute atomic E-state index is 13.6. The van der Waals surface area contributed by atoms with Gasteiger partial charge in [-0.3, -0.25) is 9.48 Å². The third kappa shape index (κ3) is 3.40. The maximum atomic E-state index is 13.6. The van der Waals surface area contributed by atoms with Gasteiger partial charge in [0.15, 0.2) is 0 Å². The van der Waals surface area contributed by atoms with E-state index in [1.54, 1.807) is 23.1 Å². The lowest BCUT2D eigenvalue weighted by molar-refractivity contribution is 0.416. The van der Waals surface area contributed by atoms with E-state index in [-0.39, 0.29) is 5.56 Å². The van der Waals surface area contributed by atoms with E-state index >= 15 is 0 Å². The Morgan fingerprint density at radius 1 is 0.912 bits per heavy atom. The Bertz CT molecular complexity index is 1550. The molecule has 0 aliphatic carbocycles. The van der Waals surface area contributed by atoms with Gasteiger partial charge in [0.1, 0.15) is 16.4 Å². The second kappa shape index (κ2) is 8.50. The molecule has 0 saturated heterocycles. The number of para-hydroxylation sites is 2. The van der Waals surface area contributed by atoms with Crippen LogP contribution in [0.15, 0.2) is 70.8 Å². The standard InChI is InChI=1S/C27H26N4O2S/c1-17-15-22(23-16-34-26(28-23)21-13-9-10-14-24(21)33-5)18(2)30(17)25-19(3)29(4)31(27(25)32)20-11-7-6-8-12-20/h6-16H,1-5H3. The fraction of sp³-hybridized carbons (Fsp3) is 0.185. The number of nitrogens with zero attached hydrogens (tertiary/aromatic N) is 4. The molecule has 0 amide bonds. The summed E-state index contributed by atoms with van der Waals surface area (Å²) in [5, 5.41) is 2.97. The summed E-state index contributed by atoms with van der Waals surface area (Å²) in [6.45, 7) is 6.06. The fourth-order valence-electron chi connectivity index (χ4n) is 4.52. The Hall–Kier alpha value is -3.84. The molecule has 5 aromatic rings. The van der Waals surface area contributed by atoms with Crippen molar-refractivity contribution < 1.29 is 4.74 Å². The normalized spacial score (nSPS) is 11.2. The summed E-state index contributed by atoms with van der Waals surface area (Å²) < 4.78 is 11.2. The van der Waals surface area contributed by atoms with Crippen molar-refractivity contribution in [3.8, 4) is 39.0 Å². The molecule has 0 bridgehead atoms. The van der Waals surface area contributed by atoms with E-state index in [0.29, 0.717) is 5.69 Å². The second-order valence-electron chi connectivity index (χ2n) is 8.27. The minimum Gasteiger partial charge on any atom is -0.496 e.